The Morgan fingerprint density at radius 1 is 1.27 bits per heavy atom. The van der Waals surface area contributed by atoms with Gasteiger partial charge in [0, 0.05) is 24.5 Å². The Bertz CT molecular complexity index is 682. The van der Waals surface area contributed by atoms with Crippen LogP contribution < -0.4 is 5.32 Å². The topological polar surface area (TPSA) is 69.7 Å². The van der Waals surface area contributed by atoms with Crippen LogP contribution in [0.4, 0.5) is 5.69 Å². The van der Waals surface area contributed by atoms with E-state index in [1.165, 1.54) is 4.90 Å². The van der Waals surface area contributed by atoms with Gasteiger partial charge in [0.2, 0.25) is 17.7 Å². The number of anilines is 1. The molecule has 6 nitrogen and oxygen atoms in total. The number of nitrogens with zero attached hydrogens (tertiary/aromatic N) is 2. The molecule has 8 heteroatoms. The van der Waals surface area contributed by atoms with Crippen LogP contribution in [0, 0.1) is 0 Å². The normalized spacial score (nSPS) is 14.3. The molecule has 0 saturated carbocycles. The smallest absolute Gasteiger partial charge is 0.244 e. The summed E-state index contributed by atoms with van der Waals surface area (Å²) >= 11 is 12.0. The van der Waals surface area contributed by atoms with Crippen LogP contribution in [0.25, 0.3) is 0 Å². The van der Waals surface area contributed by atoms with Crippen LogP contribution in [0.2, 0.25) is 10.0 Å². The molecule has 3 amide bonds. The van der Waals surface area contributed by atoms with E-state index in [-0.39, 0.29) is 30.8 Å². The van der Waals surface area contributed by atoms with Gasteiger partial charge < -0.3 is 15.1 Å². The Balaban J connectivity index is 1.97. The molecule has 1 aromatic carbocycles. The van der Waals surface area contributed by atoms with Gasteiger partial charge in [-0.3, -0.25) is 14.4 Å². The van der Waals surface area contributed by atoms with Gasteiger partial charge in [-0.25, -0.2) is 0 Å². The lowest BCUT2D eigenvalue weighted by atomic mass is 10.1. The first-order chi connectivity index (χ1) is 12.4. The molecule has 1 fully saturated rings. The molecule has 1 heterocycles. The number of carbonyl (C=O) groups is 3. The Morgan fingerprint density at radius 3 is 2.73 bits per heavy atom. The monoisotopic (exact) mass is 399 g/mol. The second-order valence-corrected chi connectivity index (χ2v) is 7.10. The molecule has 0 aliphatic carbocycles. The molecule has 1 aliphatic heterocycles. The molecule has 1 saturated heterocycles. The molecular weight excluding hydrogens is 377 g/mol. The number of benzene rings is 1. The number of hydrogen-bond acceptors (Lipinski definition) is 3. The summed E-state index contributed by atoms with van der Waals surface area (Å²) in [6.45, 7) is 2.88. The summed E-state index contributed by atoms with van der Waals surface area (Å²) < 4.78 is 0. The Labute approximate surface area is 163 Å². The average molecular weight is 400 g/mol. The van der Waals surface area contributed by atoms with E-state index in [1.54, 1.807) is 23.1 Å². The van der Waals surface area contributed by atoms with Gasteiger partial charge >= 0.3 is 0 Å². The maximum atomic E-state index is 12.6. The van der Waals surface area contributed by atoms with Gasteiger partial charge in [0.25, 0.3) is 0 Å². The molecule has 26 heavy (non-hydrogen) atoms. The third-order valence-corrected chi connectivity index (χ3v) is 4.70. The standard InChI is InChI=1S/C18H23Cl2N3O3/c1-2-8-22(18(26)12-23-9-4-3-5-17(23)25)11-16(24)21-15-10-13(19)6-7-14(15)20/h6-7,10H,2-5,8-9,11-12H2,1H3,(H,21,24). The minimum Gasteiger partial charge on any atom is -0.333 e. The van der Waals surface area contributed by atoms with Gasteiger partial charge in [-0.05, 0) is 37.5 Å². The molecule has 1 N–H and O–H groups in total. The lowest BCUT2D eigenvalue weighted by Crippen LogP contribution is -2.47. The Hall–Kier alpha value is -1.79. The van der Waals surface area contributed by atoms with Crippen LogP contribution >= 0.6 is 23.2 Å². The van der Waals surface area contributed by atoms with Crippen molar-refractivity contribution in [1.29, 1.82) is 0 Å². The van der Waals surface area contributed by atoms with Crippen molar-refractivity contribution < 1.29 is 14.4 Å². The number of amides is 3. The zero-order valence-electron chi connectivity index (χ0n) is 14.8. The zero-order valence-corrected chi connectivity index (χ0v) is 16.3. The highest BCUT2D eigenvalue weighted by Gasteiger charge is 2.24. The first kappa shape index (κ1) is 20.5. The molecule has 2 rings (SSSR count). The first-order valence-corrected chi connectivity index (χ1v) is 9.46. The predicted molar refractivity (Wildman–Crippen MR) is 102 cm³/mol. The van der Waals surface area contributed by atoms with E-state index < -0.39 is 0 Å². The minimum absolute atomic E-state index is 0.00351. The third kappa shape index (κ3) is 5.88. The highest BCUT2D eigenvalue weighted by atomic mass is 35.5. The van der Waals surface area contributed by atoms with Crippen LogP contribution in [0.5, 0.6) is 0 Å². The number of piperidine rings is 1. The van der Waals surface area contributed by atoms with E-state index in [0.29, 0.717) is 41.7 Å². The molecule has 0 aromatic heterocycles. The summed E-state index contributed by atoms with van der Waals surface area (Å²) in [6.07, 6.45) is 2.96. The number of halogens is 2. The molecule has 0 atom stereocenters. The summed E-state index contributed by atoms with van der Waals surface area (Å²) in [5, 5.41) is 3.50. The van der Waals surface area contributed by atoms with Gasteiger partial charge in [-0.1, -0.05) is 30.1 Å². The van der Waals surface area contributed by atoms with Gasteiger partial charge in [0.05, 0.1) is 23.8 Å². The second kappa shape index (κ2) is 9.78. The highest BCUT2D eigenvalue weighted by Crippen LogP contribution is 2.25. The Morgan fingerprint density at radius 2 is 2.04 bits per heavy atom. The summed E-state index contributed by atoms with van der Waals surface area (Å²) in [7, 11) is 0. The number of rotatable bonds is 7. The van der Waals surface area contributed by atoms with Crippen molar-refractivity contribution >= 4 is 46.6 Å². The molecule has 142 valence electrons. The van der Waals surface area contributed by atoms with Crippen LogP contribution in [-0.2, 0) is 14.4 Å². The van der Waals surface area contributed by atoms with Crippen molar-refractivity contribution in [2.75, 3.05) is 31.5 Å². The van der Waals surface area contributed by atoms with E-state index in [1.807, 2.05) is 6.92 Å². The van der Waals surface area contributed by atoms with Crippen LogP contribution in [0.15, 0.2) is 18.2 Å². The van der Waals surface area contributed by atoms with Crippen molar-refractivity contribution in [3.05, 3.63) is 28.2 Å². The summed E-state index contributed by atoms with van der Waals surface area (Å²) in [4.78, 5) is 39.8. The van der Waals surface area contributed by atoms with Crippen molar-refractivity contribution in [3.63, 3.8) is 0 Å². The molecule has 0 unspecified atom stereocenters. The fourth-order valence-corrected chi connectivity index (χ4v) is 3.15. The van der Waals surface area contributed by atoms with E-state index in [9.17, 15) is 14.4 Å². The van der Waals surface area contributed by atoms with Crippen molar-refractivity contribution in [1.82, 2.24) is 9.80 Å². The zero-order chi connectivity index (χ0) is 19.1. The minimum atomic E-state index is -0.360. The van der Waals surface area contributed by atoms with E-state index >= 15 is 0 Å². The number of likely N-dealkylation sites (tertiary alicyclic amines) is 1. The van der Waals surface area contributed by atoms with Gasteiger partial charge in [-0.15, -0.1) is 0 Å². The molecule has 0 bridgehead atoms. The SMILES string of the molecule is CCCN(CC(=O)Nc1cc(Cl)ccc1Cl)C(=O)CN1CCCCC1=O. The number of hydrogen-bond donors (Lipinski definition) is 1. The molecule has 0 radical (unpaired) electrons. The predicted octanol–water partition coefficient (Wildman–Crippen LogP) is 3.18. The maximum absolute atomic E-state index is 12.6. The molecular formula is C18H23Cl2N3O3. The van der Waals surface area contributed by atoms with Crippen molar-refractivity contribution in [3.8, 4) is 0 Å². The molecule has 0 spiro atoms. The summed E-state index contributed by atoms with van der Waals surface area (Å²) in [5.41, 5.74) is 0.402. The third-order valence-electron chi connectivity index (χ3n) is 4.13. The lowest BCUT2D eigenvalue weighted by molar-refractivity contribution is -0.142. The molecule has 1 aromatic rings. The van der Waals surface area contributed by atoms with E-state index in [2.05, 4.69) is 5.32 Å². The van der Waals surface area contributed by atoms with Crippen molar-refractivity contribution in [2.45, 2.75) is 32.6 Å². The van der Waals surface area contributed by atoms with Crippen LogP contribution in [0.3, 0.4) is 0 Å². The van der Waals surface area contributed by atoms with E-state index in [0.717, 1.165) is 12.8 Å². The van der Waals surface area contributed by atoms with Gasteiger partial charge in [-0.2, -0.15) is 0 Å². The molecule has 1 aliphatic rings. The first-order valence-electron chi connectivity index (χ1n) is 8.71. The summed E-state index contributed by atoms with van der Waals surface area (Å²) in [5.74, 6) is -0.591. The number of carbonyl (C=O) groups excluding carboxylic acids is 3. The fourth-order valence-electron chi connectivity index (χ4n) is 2.81. The van der Waals surface area contributed by atoms with Crippen molar-refractivity contribution in [2.24, 2.45) is 0 Å². The maximum Gasteiger partial charge on any atom is 0.244 e. The van der Waals surface area contributed by atoms with Gasteiger partial charge in [0.1, 0.15) is 0 Å². The van der Waals surface area contributed by atoms with Crippen LogP contribution in [-0.4, -0.2) is 53.7 Å². The lowest BCUT2D eigenvalue weighted by Gasteiger charge is -2.29. The quantitative estimate of drug-likeness (QED) is 0.765. The van der Waals surface area contributed by atoms with Crippen LogP contribution in [0.1, 0.15) is 32.6 Å². The Kier molecular flexibility index (Phi) is 7.72. The largest absolute Gasteiger partial charge is 0.333 e. The average Bonchev–Trinajstić information content (AvgIpc) is 2.59. The fraction of sp³-hybridized carbons (Fsp3) is 0.500. The second-order valence-electron chi connectivity index (χ2n) is 6.26. The highest BCUT2D eigenvalue weighted by molar-refractivity contribution is 6.35. The van der Waals surface area contributed by atoms with Gasteiger partial charge in [0.15, 0.2) is 0 Å². The number of nitrogens with one attached hydrogen (secondary N) is 1. The van der Waals surface area contributed by atoms with E-state index in [4.69, 9.17) is 23.2 Å². The summed E-state index contributed by atoms with van der Waals surface area (Å²) in [6, 6.07) is 4.78.